The van der Waals surface area contributed by atoms with E-state index in [9.17, 15) is 13.2 Å². The number of benzene rings is 1. The smallest absolute Gasteiger partial charge is 0.239 e. The van der Waals surface area contributed by atoms with Crippen molar-refractivity contribution in [1.82, 2.24) is 4.72 Å². The number of nitrogens with one attached hydrogen (secondary N) is 2. The van der Waals surface area contributed by atoms with Gasteiger partial charge in [-0.05, 0) is 44.5 Å². The number of sulfonamides is 1. The van der Waals surface area contributed by atoms with Crippen molar-refractivity contribution >= 4 is 27.3 Å². The number of carbonyl (C=O) groups excluding carboxylic acids is 1. The fraction of sp³-hybridized carbons (Fsp3) is 0.500. The molecule has 1 rings (SSSR count). The Bertz CT molecular complexity index is 595. The molecule has 2 N–H and O–H groups in total. The molecule has 1 aromatic carbocycles. The fourth-order valence-electron chi connectivity index (χ4n) is 1.96. The van der Waals surface area contributed by atoms with Crippen LogP contribution in [0.2, 0.25) is 0 Å². The molecule has 21 heavy (non-hydrogen) atoms. The van der Waals surface area contributed by atoms with E-state index < -0.39 is 10.0 Å². The van der Waals surface area contributed by atoms with Gasteiger partial charge in [-0.1, -0.05) is 0 Å². The zero-order chi connectivity index (χ0) is 16.0. The van der Waals surface area contributed by atoms with E-state index >= 15 is 0 Å². The molecule has 0 unspecified atom stereocenters. The highest BCUT2D eigenvalue weighted by Gasteiger charge is 2.09. The number of hydrogen-bond donors (Lipinski definition) is 2. The van der Waals surface area contributed by atoms with Crippen LogP contribution in [-0.4, -0.2) is 40.2 Å². The highest BCUT2D eigenvalue weighted by atomic mass is 32.2. The molecular formula is C14H23N3O3S. The predicted molar refractivity (Wildman–Crippen MR) is 86.2 cm³/mol. The van der Waals surface area contributed by atoms with Gasteiger partial charge in [-0.2, -0.15) is 0 Å². The van der Waals surface area contributed by atoms with Gasteiger partial charge in [0, 0.05) is 24.5 Å². The van der Waals surface area contributed by atoms with Crippen LogP contribution in [0.15, 0.2) is 18.2 Å². The summed E-state index contributed by atoms with van der Waals surface area (Å²) in [5.41, 5.74) is 2.73. The molecule has 0 bridgehead atoms. The predicted octanol–water partition coefficient (Wildman–Crippen LogP) is 1.33. The van der Waals surface area contributed by atoms with Crippen LogP contribution in [-0.2, 0) is 14.8 Å². The Labute approximate surface area is 126 Å². The first-order valence-electron chi connectivity index (χ1n) is 6.87. The van der Waals surface area contributed by atoms with E-state index in [0.29, 0.717) is 5.69 Å². The molecule has 1 amide bonds. The molecular weight excluding hydrogens is 290 g/mol. The van der Waals surface area contributed by atoms with Crippen molar-refractivity contribution in [3.63, 3.8) is 0 Å². The Morgan fingerprint density at radius 1 is 1.24 bits per heavy atom. The highest BCUT2D eigenvalue weighted by molar-refractivity contribution is 7.88. The van der Waals surface area contributed by atoms with Crippen molar-refractivity contribution < 1.29 is 13.2 Å². The first kappa shape index (κ1) is 17.5. The summed E-state index contributed by atoms with van der Waals surface area (Å²) in [6.45, 7) is 7.65. The Hall–Kier alpha value is -1.60. The lowest BCUT2D eigenvalue weighted by atomic mass is 10.1. The summed E-state index contributed by atoms with van der Waals surface area (Å²) in [5.74, 6) is -0.390. The molecule has 0 fully saturated rings. The maximum Gasteiger partial charge on any atom is 0.239 e. The summed E-state index contributed by atoms with van der Waals surface area (Å²) in [6, 6.07) is 5.79. The molecule has 0 aromatic heterocycles. The van der Waals surface area contributed by atoms with E-state index in [1.807, 2.05) is 25.1 Å². The largest absolute Gasteiger partial charge is 0.372 e. The monoisotopic (exact) mass is 313 g/mol. The molecule has 6 nitrogen and oxygen atoms in total. The summed E-state index contributed by atoms with van der Waals surface area (Å²) in [7, 11) is -3.36. The van der Waals surface area contributed by atoms with Crippen molar-refractivity contribution in [3.05, 3.63) is 23.8 Å². The molecule has 0 heterocycles. The van der Waals surface area contributed by atoms with Crippen molar-refractivity contribution in [1.29, 1.82) is 0 Å². The minimum absolute atomic E-state index is 0.268. The summed E-state index contributed by atoms with van der Waals surface area (Å²) >= 11 is 0. The van der Waals surface area contributed by atoms with E-state index in [1.165, 1.54) is 0 Å². The van der Waals surface area contributed by atoms with Crippen molar-refractivity contribution in [2.75, 3.05) is 36.1 Å². The first-order valence-corrected chi connectivity index (χ1v) is 8.76. The molecule has 0 aliphatic carbocycles. The van der Waals surface area contributed by atoms with Gasteiger partial charge in [0.15, 0.2) is 0 Å². The normalized spacial score (nSPS) is 11.2. The number of aryl methyl sites for hydroxylation is 1. The third-order valence-corrected chi connectivity index (χ3v) is 3.78. The SMILES string of the molecule is CCN(CC)c1ccc(NC(=O)CNS(C)(=O)=O)c(C)c1. The van der Waals surface area contributed by atoms with E-state index in [0.717, 1.165) is 30.6 Å². The number of nitrogens with zero attached hydrogens (tertiary/aromatic N) is 1. The van der Waals surface area contributed by atoms with Gasteiger partial charge in [0.2, 0.25) is 15.9 Å². The Morgan fingerprint density at radius 3 is 2.33 bits per heavy atom. The summed E-state index contributed by atoms with van der Waals surface area (Å²) in [5, 5.41) is 2.70. The lowest BCUT2D eigenvalue weighted by molar-refractivity contribution is -0.115. The molecule has 0 aliphatic heterocycles. The third-order valence-electron chi connectivity index (χ3n) is 3.11. The Morgan fingerprint density at radius 2 is 1.86 bits per heavy atom. The van der Waals surface area contributed by atoms with Crippen LogP contribution in [0.4, 0.5) is 11.4 Å². The van der Waals surface area contributed by atoms with Crippen LogP contribution in [0.1, 0.15) is 19.4 Å². The third kappa shape index (κ3) is 5.73. The quantitative estimate of drug-likeness (QED) is 0.796. The van der Waals surface area contributed by atoms with E-state index in [1.54, 1.807) is 0 Å². The van der Waals surface area contributed by atoms with Crippen molar-refractivity contribution in [2.45, 2.75) is 20.8 Å². The second-order valence-corrected chi connectivity index (χ2v) is 6.65. The molecule has 0 atom stereocenters. The number of hydrogen-bond acceptors (Lipinski definition) is 4. The molecule has 0 spiro atoms. The lowest BCUT2D eigenvalue weighted by Crippen LogP contribution is -2.32. The molecule has 118 valence electrons. The second-order valence-electron chi connectivity index (χ2n) is 4.81. The number of anilines is 2. The minimum atomic E-state index is -3.36. The summed E-state index contributed by atoms with van der Waals surface area (Å²) < 4.78 is 24.0. The van der Waals surface area contributed by atoms with Crippen LogP contribution < -0.4 is 14.9 Å². The van der Waals surface area contributed by atoms with E-state index in [-0.39, 0.29) is 12.5 Å². The van der Waals surface area contributed by atoms with Crippen LogP contribution in [0.5, 0.6) is 0 Å². The zero-order valence-electron chi connectivity index (χ0n) is 12.9. The van der Waals surface area contributed by atoms with Gasteiger partial charge in [0.05, 0.1) is 12.8 Å². The van der Waals surface area contributed by atoms with Gasteiger partial charge in [-0.15, -0.1) is 0 Å². The van der Waals surface area contributed by atoms with Crippen LogP contribution in [0.25, 0.3) is 0 Å². The average Bonchev–Trinajstić information content (AvgIpc) is 2.40. The first-order chi connectivity index (χ1) is 9.76. The summed E-state index contributed by atoms with van der Waals surface area (Å²) in [6.07, 6.45) is 1.02. The van der Waals surface area contributed by atoms with E-state index in [2.05, 4.69) is 28.8 Å². The van der Waals surface area contributed by atoms with Gasteiger partial charge in [-0.3, -0.25) is 4.79 Å². The lowest BCUT2D eigenvalue weighted by Gasteiger charge is -2.22. The standard InChI is InChI=1S/C14H23N3O3S/c1-5-17(6-2)12-7-8-13(11(3)9-12)16-14(18)10-15-21(4,19)20/h7-9,15H,5-6,10H2,1-4H3,(H,16,18). The summed E-state index contributed by atoms with van der Waals surface area (Å²) in [4.78, 5) is 13.9. The van der Waals surface area contributed by atoms with E-state index in [4.69, 9.17) is 0 Å². The van der Waals surface area contributed by atoms with Crippen LogP contribution >= 0.6 is 0 Å². The number of rotatable bonds is 7. The second kappa shape index (κ2) is 7.42. The molecule has 0 aliphatic rings. The fourth-order valence-corrected chi connectivity index (χ4v) is 2.36. The minimum Gasteiger partial charge on any atom is -0.372 e. The highest BCUT2D eigenvalue weighted by Crippen LogP contribution is 2.22. The average molecular weight is 313 g/mol. The molecule has 0 radical (unpaired) electrons. The number of carbonyl (C=O) groups is 1. The molecule has 0 saturated heterocycles. The van der Waals surface area contributed by atoms with Gasteiger partial charge < -0.3 is 10.2 Å². The van der Waals surface area contributed by atoms with Gasteiger partial charge >= 0.3 is 0 Å². The van der Waals surface area contributed by atoms with Crippen molar-refractivity contribution in [3.8, 4) is 0 Å². The van der Waals surface area contributed by atoms with Crippen molar-refractivity contribution in [2.24, 2.45) is 0 Å². The number of amides is 1. The van der Waals surface area contributed by atoms with Gasteiger partial charge in [0.1, 0.15) is 0 Å². The van der Waals surface area contributed by atoms with Crippen LogP contribution in [0, 0.1) is 6.92 Å². The maximum atomic E-state index is 11.7. The topological polar surface area (TPSA) is 78.5 Å². The molecule has 0 saturated carbocycles. The Balaban J connectivity index is 2.75. The van der Waals surface area contributed by atoms with Gasteiger partial charge in [0.25, 0.3) is 0 Å². The molecule has 1 aromatic rings. The molecule has 7 heteroatoms. The van der Waals surface area contributed by atoms with Gasteiger partial charge in [-0.25, -0.2) is 13.1 Å². The maximum absolute atomic E-state index is 11.7. The zero-order valence-corrected chi connectivity index (χ0v) is 13.8. The Kier molecular flexibility index (Phi) is 6.17. The van der Waals surface area contributed by atoms with Crippen LogP contribution in [0.3, 0.4) is 0 Å².